The molecule has 0 amide bonds. The van der Waals surface area contributed by atoms with Gasteiger partial charge in [0, 0.05) is 13.5 Å². The van der Waals surface area contributed by atoms with Crippen LogP contribution in [0.15, 0.2) is 24.3 Å². The van der Waals surface area contributed by atoms with Gasteiger partial charge in [0.25, 0.3) is 0 Å². The lowest BCUT2D eigenvalue weighted by Crippen LogP contribution is -2.25. The summed E-state index contributed by atoms with van der Waals surface area (Å²) in [5.41, 5.74) is 1.84. The van der Waals surface area contributed by atoms with E-state index in [1.807, 2.05) is 45.0 Å². The van der Waals surface area contributed by atoms with Gasteiger partial charge < -0.3 is 9.84 Å². The average molecular weight is 208 g/mol. The van der Waals surface area contributed by atoms with Crippen LogP contribution in [0.1, 0.15) is 37.5 Å². The second-order valence-electron chi connectivity index (χ2n) is 4.60. The van der Waals surface area contributed by atoms with E-state index < -0.39 is 6.10 Å². The van der Waals surface area contributed by atoms with Crippen molar-refractivity contribution in [1.29, 1.82) is 0 Å². The molecule has 0 saturated carbocycles. The maximum Gasteiger partial charge on any atom is 0.0817 e. The van der Waals surface area contributed by atoms with Crippen molar-refractivity contribution in [3.8, 4) is 0 Å². The number of aliphatic hydroxyl groups is 1. The lowest BCUT2D eigenvalue weighted by molar-refractivity contribution is -0.0201. The van der Waals surface area contributed by atoms with Crippen molar-refractivity contribution in [2.24, 2.45) is 0 Å². The van der Waals surface area contributed by atoms with Crippen LogP contribution in [0, 0.1) is 6.92 Å². The van der Waals surface area contributed by atoms with E-state index >= 15 is 0 Å². The normalized spacial score (nSPS) is 13.9. The molecule has 1 N–H and O–H groups in total. The molecule has 0 aliphatic carbocycles. The van der Waals surface area contributed by atoms with Crippen LogP contribution < -0.4 is 0 Å². The van der Waals surface area contributed by atoms with Gasteiger partial charge in [-0.2, -0.15) is 0 Å². The molecule has 0 saturated heterocycles. The molecule has 15 heavy (non-hydrogen) atoms. The number of benzene rings is 1. The summed E-state index contributed by atoms with van der Waals surface area (Å²) in [6.45, 7) is 5.98. The highest BCUT2D eigenvalue weighted by Crippen LogP contribution is 2.26. The van der Waals surface area contributed by atoms with Gasteiger partial charge in [0.2, 0.25) is 0 Å². The monoisotopic (exact) mass is 208 g/mol. The summed E-state index contributed by atoms with van der Waals surface area (Å²) in [5, 5.41) is 10.0. The van der Waals surface area contributed by atoms with Gasteiger partial charge in [-0.15, -0.1) is 0 Å². The van der Waals surface area contributed by atoms with Crippen LogP contribution in [0.4, 0.5) is 0 Å². The Balaban J connectivity index is 2.73. The highest BCUT2D eigenvalue weighted by Gasteiger charge is 2.22. The van der Waals surface area contributed by atoms with Crippen molar-refractivity contribution in [3.05, 3.63) is 35.4 Å². The van der Waals surface area contributed by atoms with Gasteiger partial charge in [-0.05, 0) is 26.3 Å². The predicted molar refractivity (Wildman–Crippen MR) is 61.8 cm³/mol. The van der Waals surface area contributed by atoms with Crippen molar-refractivity contribution >= 4 is 0 Å². The van der Waals surface area contributed by atoms with E-state index in [4.69, 9.17) is 4.74 Å². The first kappa shape index (κ1) is 12.2. The third-order valence-electron chi connectivity index (χ3n) is 2.66. The van der Waals surface area contributed by atoms with Gasteiger partial charge in [-0.1, -0.05) is 29.8 Å². The van der Waals surface area contributed by atoms with Crippen LogP contribution in [-0.2, 0) is 4.74 Å². The largest absolute Gasteiger partial charge is 0.388 e. The summed E-state index contributed by atoms with van der Waals surface area (Å²) in [5.74, 6) is 0. The first-order valence-corrected chi connectivity index (χ1v) is 5.24. The first-order valence-electron chi connectivity index (χ1n) is 5.24. The first-order chi connectivity index (χ1) is 6.94. The summed E-state index contributed by atoms with van der Waals surface area (Å²) >= 11 is 0. The van der Waals surface area contributed by atoms with Gasteiger partial charge in [0.05, 0.1) is 11.7 Å². The molecule has 0 radical (unpaired) electrons. The Bertz CT molecular complexity index is 318. The Labute approximate surface area is 91.9 Å². The van der Waals surface area contributed by atoms with Crippen LogP contribution >= 0.6 is 0 Å². The van der Waals surface area contributed by atoms with Gasteiger partial charge in [-0.3, -0.25) is 0 Å². The predicted octanol–water partition coefficient (Wildman–Crippen LogP) is 2.84. The molecule has 0 aliphatic heterocycles. The van der Waals surface area contributed by atoms with E-state index in [1.54, 1.807) is 7.11 Å². The van der Waals surface area contributed by atoms with E-state index in [-0.39, 0.29) is 5.60 Å². The number of aliphatic hydroxyl groups excluding tert-OH is 1. The minimum absolute atomic E-state index is 0.289. The quantitative estimate of drug-likeness (QED) is 0.824. The van der Waals surface area contributed by atoms with Gasteiger partial charge >= 0.3 is 0 Å². The smallest absolute Gasteiger partial charge is 0.0817 e. The number of ether oxygens (including phenoxy) is 1. The van der Waals surface area contributed by atoms with Crippen LogP contribution in [0.2, 0.25) is 0 Å². The van der Waals surface area contributed by atoms with Crippen molar-refractivity contribution in [2.45, 2.75) is 38.9 Å². The van der Waals surface area contributed by atoms with E-state index in [2.05, 4.69) is 0 Å². The summed E-state index contributed by atoms with van der Waals surface area (Å²) in [4.78, 5) is 0. The number of hydrogen-bond acceptors (Lipinski definition) is 2. The Kier molecular flexibility index (Phi) is 3.89. The molecular weight excluding hydrogens is 188 g/mol. The highest BCUT2D eigenvalue weighted by molar-refractivity contribution is 5.24. The van der Waals surface area contributed by atoms with E-state index in [0.29, 0.717) is 6.42 Å². The molecule has 2 heteroatoms. The molecular formula is C13H20O2. The Hall–Kier alpha value is -0.860. The van der Waals surface area contributed by atoms with Crippen molar-refractivity contribution in [3.63, 3.8) is 0 Å². The Morgan fingerprint density at radius 2 is 2.07 bits per heavy atom. The summed E-state index contributed by atoms with van der Waals surface area (Å²) in [7, 11) is 1.67. The lowest BCUT2D eigenvalue weighted by atomic mass is 9.95. The fraction of sp³-hybridized carbons (Fsp3) is 0.538. The summed E-state index contributed by atoms with van der Waals surface area (Å²) in [6, 6.07) is 7.95. The molecule has 84 valence electrons. The zero-order valence-corrected chi connectivity index (χ0v) is 9.95. The molecule has 1 unspecified atom stereocenters. The summed E-state index contributed by atoms with van der Waals surface area (Å²) < 4.78 is 5.30. The highest BCUT2D eigenvalue weighted by atomic mass is 16.5. The second-order valence-corrected chi connectivity index (χ2v) is 4.60. The third-order valence-corrected chi connectivity index (χ3v) is 2.66. The molecule has 1 rings (SSSR count). The molecule has 2 nitrogen and oxygen atoms in total. The number of hydrogen-bond donors (Lipinski definition) is 1. The van der Waals surface area contributed by atoms with E-state index in [1.165, 1.54) is 5.56 Å². The molecule has 0 spiro atoms. The van der Waals surface area contributed by atoms with Crippen LogP contribution in [0.25, 0.3) is 0 Å². The van der Waals surface area contributed by atoms with Crippen LogP contribution in [0.3, 0.4) is 0 Å². The topological polar surface area (TPSA) is 29.5 Å². The van der Waals surface area contributed by atoms with Crippen molar-refractivity contribution in [1.82, 2.24) is 0 Å². The molecule has 0 aliphatic rings. The minimum atomic E-state index is -0.458. The van der Waals surface area contributed by atoms with Gasteiger partial charge in [0.15, 0.2) is 0 Å². The van der Waals surface area contributed by atoms with Crippen LogP contribution in [-0.4, -0.2) is 17.8 Å². The molecule has 0 aromatic heterocycles. The van der Waals surface area contributed by atoms with Gasteiger partial charge in [-0.25, -0.2) is 0 Å². The molecule has 0 bridgehead atoms. The second kappa shape index (κ2) is 4.77. The molecule has 1 aromatic rings. The fourth-order valence-corrected chi connectivity index (χ4v) is 1.54. The van der Waals surface area contributed by atoms with E-state index in [9.17, 15) is 5.11 Å². The van der Waals surface area contributed by atoms with Crippen LogP contribution in [0.5, 0.6) is 0 Å². The van der Waals surface area contributed by atoms with Gasteiger partial charge in [0.1, 0.15) is 0 Å². The Morgan fingerprint density at radius 3 is 2.60 bits per heavy atom. The lowest BCUT2D eigenvalue weighted by Gasteiger charge is -2.26. The maximum absolute atomic E-state index is 10.0. The van der Waals surface area contributed by atoms with E-state index in [0.717, 1.165) is 5.56 Å². The average Bonchev–Trinajstić information content (AvgIpc) is 2.17. The number of rotatable bonds is 4. The number of methoxy groups -OCH3 is 1. The molecule has 1 atom stereocenters. The minimum Gasteiger partial charge on any atom is -0.388 e. The molecule has 0 fully saturated rings. The molecule has 1 aromatic carbocycles. The summed E-state index contributed by atoms with van der Waals surface area (Å²) in [6.07, 6.45) is 0.146. The number of aryl methyl sites for hydroxylation is 1. The zero-order valence-electron chi connectivity index (χ0n) is 9.95. The fourth-order valence-electron chi connectivity index (χ4n) is 1.54. The molecule has 0 heterocycles. The Morgan fingerprint density at radius 1 is 1.40 bits per heavy atom. The zero-order chi connectivity index (χ0) is 11.5. The third kappa shape index (κ3) is 3.65. The van der Waals surface area contributed by atoms with Crippen molar-refractivity contribution in [2.75, 3.05) is 7.11 Å². The van der Waals surface area contributed by atoms with Crippen molar-refractivity contribution < 1.29 is 9.84 Å². The maximum atomic E-state index is 10.0. The SMILES string of the molecule is COC(C)(C)CC(O)c1cccc(C)c1. The standard InChI is InChI=1S/C13H20O2/c1-10-6-5-7-11(8-10)12(14)9-13(2,3)15-4/h5-8,12,14H,9H2,1-4H3.